The van der Waals surface area contributed by atoms with Crippen molar-refractivity contribution < 1.29 is 9.47 Å². The van der Waals surface area contributed by atoms with Gasteiger partial charge in [-0.2, -0.15) is 0 Å². The number of para-hydroxylation sites is 1. The summed E-state index contributed by atoms with van der Waals surface area (Å²) in [6.45, 7) is 2.12. The number of benzene rings is 2. The van der Waals surface area contributed by atoms with Gasteiger partial charge in [-0.15, -0.1) is 23.7 Å². The van der Waals surface area contributed by atoms with Crippen LogP contribution in [0.1, 0.15) is 16.0 Å². The lowest BCUT2D eigenvalue weighted by Gasteiger charge is -2.15. The molecule has 0 bridgehead atoms. The van der Waals surface area contributed by atoms with Gasteiger partial charge in [0.1, 0.15) is 6.61 Å². The number of halogens is 1. The molecule has 0 spiro atoms. The first-order chi connectivity index (χ1) is 11.9. The minimum Gasteiger partial charge on any atom is -0.493 e. The largest absolute Gasteiger partial charge is 0.493 e. The van der Waals surface area contributed by atoms with E-state index < -0.39 is 0 Å². The first-order valence-corrected chi connectivity index (χ1v) is 8.80. The van der Waals surface area contributed by atoms with Gasteiger partial charge < -0.3 is 14.8 Å². The van der Waals surface area contributed by atoms with Gasteiger partial charge in [0.25, 0.3) is 0 Å². The molecular formula is C20H22ClNO2S. The number of rotatable bonds is 8. The third kappa shape index (κ3) is 5.49. The zero-order valence-electron chi connectivity index (χ0n) is 14.1. The molecule has 3 rings (SSSR count). The summed E-state index contributed by atoms with van der Waals surface area (Å²) < 4.78 is 11.5. The summed E-state index contributed by atoms with van der Waals surface area (Å²) in [5.74, 6) is 1.57. The second-order valence-corrected chi connectivity index (χ2v) is 6.44. The number of methoxy groups -OCH3 is 1. The smallest absolute Gasteiger partial charge is 0.166 e. The van der Waals surface area contributed by atoms with Gasteiger partial charge in [0.15, 0.2) is 11.5 Å². The lowest BCUT2D eigenvalue weighted by molar-refractivity contribution is 0.280. The fraction of sp³-hybridized carbons (Fsp3) is 0.200. The van der Waals surface area contributed by atoms with E-state index in [2.05, 4.69) is 41.0 Å². The highest BCUT2D eigenvalue weighted by atomic mass is 35.5. The van der Waals surface area contributed by atoms with Crippen molar-refractivity contribution in [2.45, 2.75) is 19.7 Å². The average molecular weight is 376 g/mol. The maximum atomic E-state index is 6.07. The van der Waals surface area contributed by atoms with Crippen molar-refractivity contribution in [3.8, 4) is 11.5 Å². The van der Waals surface area contributed by atoms with Crippen LogP contribution in [0.2, 0.25) is 0 Å². The van der Waals surface area contributed by atoms with E-state index in [1.165, 1.54) is 4.88 Å². The van der Waals surface area contributed by atoms with Crippen molar-refractivity contribution in [1.82, 2.24) is 5.32 Å². The molecule has 132 valence electrons. The molecule has 0 unspecified atom stereocenters. The lowest BCUT2D eigenvalue weighted by atomic mass is 10.1. The number of hydrogen-bond acceptors (Lipinski definition) is 4. The minimum atomic E-state index is 0. The van der Waals surface area contributed by atoms with Gasteiger partial charge in [-0.3, -0.25) is 0 Å². The molecule has 5 heteroatoms. The Morgan fingerprint density at radius 1 is 0.920 bits per heavy atom. The third-order valence-electron chi connectivity index (χ3n) is 3.70. The Bertz CT molecular complexity index is 748. The van der Waals surface area contributed by atoms with E-state index in [1.54, 1.807) is 18.4 Å². The molecule has 1 heterocycles. The third-order valence-corrected chi connectivity index (χ3v) is 4.58. The standard InChI is InChI=1S/C20H21NO2S.ClH/c1-22-19-11-5-9-17(13-21-14-18-10-6-12-24-18)20(19)23-15-16-7-3-2-4-8-16;/h2-12,21H,13-15H2,1H3;1H. The van der Waals surface area contributed by atoms with Gasteiger partial charge in [-0.25, -0.2) is 0 Å². The first-order valence-electron chi connectivity index (χ1n) is 7.92. The van der Waals surface area contributed by atoms with Crippen LogP contribution in [0.25, 0.3) is 0 Å². The predicted octanol–water partition coefficient (Wildman–Crippen LogP) is 5.05. The summed E-state index contributed by atoms with van der Waals surface area (Å²) >= 11 is 1.76. The van der Waals surface area contributed by atoms with Crippen molar-refractivity contribution in [2.75, 3.05) is 7.11 Å². The van der Waals surface area contributed by atoms with Crippen LogP contribution in [-0.2, 0) is 19.7 Å². The molecule has 0 aliphatic carbocycles. The van der Waals surface area contributed by atoms with Crippen LogP contribution in [-0.4, -0.2) is 7.11 Å². The van der Waals surface area contributed by atoms with Crippen LogP contribution in [0, 0.1) is 0 Å². The molecule has 2 aromatic carbocycles. The Labute approximate surface area is 159 Å². The highest BCUT2D eigenvalue weighted by molar-refractivity contribution is 7.09. The zero-order valence-corrected chi connectivity index (χ0v) is 15.7. The van der Waals surface area contributed by atoms with E-state index in [-0.39, 0.29) is 12.4 Å². The molecule has 0 saturated heterocycles. The molecule has 1 N–H and O–H groups in total. The first kappa shape index (κ1) is 19.3. The van der Waals surface area contributed by atoms with Crippen molar-refractivity contribution in [3.63, 3.8) is 0 Å². The van der Waals surface area contributed by atoms with Crippen LogP contribution >= 0.6 is 23.7 Å². The summed E-state index contributed by atoms with van der Waals surface area (Å²) in [6, 6.07) is 20.4. The number of thiophene rings is 1. The van der Waals surface area contributed by atoms with E-state index in [4.69, 9.17) is 9.47 Å². The number of ether oxygens (including phenoxy) is 2. The number of hydrogen-bond donors (Lipinski definition) is 1. The Hall–Kier alpha value is -2.01. The number of nitrogens with one attached hydrogen (secondary N) is 1. The Morgan fingerprint density at radius 2 is 1.76 bits per heavy atom. The van der Waals surface area contributed by atoms with Gasteiger partial charge in [-0.05, 0) is 23.1 Å². The maximum absolute atomic E-state index is 6.07. The molecule has 0 atom stereocenters. The highest BCUT2D eigenvalue weighted by Crippen LogP contribution is 2.31. The highest BCUT2D eigenvalue weighted by Gasteiger charge is 2.11. The Kier molecular flexibility index (Phi) is 7.79. The van der Waals surface area contributed by atoms with E-state index in [0.29, 0.717) is 6.61 Å². The van der Waals surface area contributed by atoms with Crippen LogP contribution in [0.4, 0.5) is 0 Å². The topological polar surface area (TPSA) is 30.5 Å². The van der Waals surface area contributed by atoms with Crippen molar-refractivity contribution in [2.24, 2.45) is 0 Å². The van der Waals surface area contributed by atoms with Gasteiger partial charge in [-0.1, -0.05) is 48.5 Å². The Balaban J connectivity index is 0.00000225. The van der Waals surface area contributed by atoms with E-state index >= 15 is 0 Å². The summed E-state index contributed by atoms with van der Waals surface area (Å²) in [5, 5.41) is 5.56. The van der Waals surface area contributed by atoms with Crippen LogP contribution in [0.3, 0.4) is 0 Å². The molecule has 0 amide bonds. The summed E-state index contributed by atoms with van der Waals surface area (Å²) in [6.07, 6.45) is 0. The second kappa shape index (κ2) is 10.1. The molecule has 0 saturated carbocycles. The maximum Gasteiger partial charge on any atom is 0.166 e. The molecule has 0 aliphatic heterocycles. The minimum absolute atomic E-state index is 0. The van der Waals surface area contributed by atoms with Gasteiger partial charge in [0, 0.05) is 23.5 Å². The fourth-order valence-electron chi connectivity index (χ4n) is 2.49. The zero-order chi connectivity index (χ0) is 16.6. The quantitative estimate of drug-likeness (QED) is 0.597. The predicted molar refractivity (Wildman–Crippen MR) is 106 cm³/mol. The summed E-state index contributed by atoms with van der Waals surface area (Å²) in [4.78, 5) is 1.32. The molecular weight excluding hydrogens is 354 g/mol. The van der Waals surface area contributed by atoms with Crippen molar-refractivity contribution in [3.05, 3.63) is 82.0 Å². The van der Waals surface area contributed by atoms with Crippen LogP contribution < -0.4 is 14.8 Å². The Morgan fingerprint density at radius 3 is 2.48 bits per heavy atom. The molecule has 3 nitrogen and oxygen atoms in total. The second-order valence-electron chi connectivity index (χ2n) is 5.41. The van der Waals surface area contributed by atoms with Crippen LogP contribution in [0.5, 0.6) is 11.5 Å². The lowest BCUT2D eigenvalue weighted by Crippen LogP contribution is -2.13. The molecule has 1 aromatic heterocycles. The van der Waals surface area contributed by atoms with E-state index in [0.717, 1.165) is 35.7 Å². The summed E-state index contributed by atoms with van der Waals surface area (Å²) in [7, 11) is 1.67. The molecule has 0 aliphatic rings. The van der Waals surface area contributed by atoms with E-state index in [9.17, 15) is 0 Å². The summed E-state index contributed by atoms with van der Waals surface area (Å²) in [5.41, 5.74) is 2.24. The van der Waals surface area contributed by atoms with E-state index in [1.807, 2.05) is 30.3 Å². The molecule has 25 heavy (non-hydrogen) atoms. The SMILES string of the molecule is COc1cccc(CNCc2cccs2)c1OCc1ccccc1.Cl. The van der Waals surface area contributed by atoms with Gasteiger partial charge in [0.05, 0.1) is 7.11 Å². The average Bonchev–Trinajstić information content (AvgIpc) is 3.14. The molecule has 0 fully saturated rings. The van der Waals surface area contributed by atoms with Gasteiger partial charge >= 0.3 is 0 Å². The van der Waals surface area contributed by atoms with Crippen molar-refractivity contribution >= 4 is 23.7 Å². The fourth-order valence-corrected chi connectivity index (χ4v) is 3.16. The van der Waals surface area contributed by atoms with Crippen molar-refractivity contribution in [1.29, 1.82) is 0 Å². The molecule has 0 radical (unpaired) electrons. The monoisotopic (exact) mass is 375 g/mol. The van der Waals surface area contributed by atoms with Crippen LogP contribution in [0.15, 0.2) is 66.0 Å². The molecule has 3 aromatic rings. The normalized spacial score (nSPS) is 10.1. The van der Waals surface area contributed by atoms with Gasteiger partial charge in [0.2, 0.25) is 0 Å².